The maximum Gasteiger partial charge on any atom is 0.326 e. The first-order valence-corrected chi connectivity index (χ1v) is 23.5. The highest BCUT2D eigenvalue weighted by Crippen LogP contribution is 2.36. The summed E-state index contributed by atoms with van der Waals surface area (Å²) in [5.41, 5.74) is 1.18. The van der Waals surface area contributed by atoms with Gasteiger partial charge in [-0.15, -0.1) is 0 Å². The van der Waals surface area contributed by atoms with E-state index in [1.54, 1.807) is 30.2 Å². The third-order valence-corrected chi connectivity index (χ3v) is 12.8. The second-order valence-electron chi connectivity index (χ2n) is 17.9. The van der Waals surface area contributed by atoms with Crippen molar-refractivity contribution in [1.82, 2.24) is 31.1 Å². The Balaban J connectivity index is 1.53. The number of aliphatic hydroxyl groups excluding tert-OH is 5. The average Bonchev–Trinajstić information content (AvgIpc) is 3.26. The van der Waals surface area contributed by atoms with E-state index in [4.69, 9.17) is 0 Å². The van der Waals surface area contributed by atoms with Crippen LogP contribution in [0.25, 0.3) is 0 Å². The summed E-state index contributed by atoms with van der Waals surface area (Å²) < 4.78 is 0. The number of hydrogen-bond acceptors (Lipinski definition) is 12. The van der Waals surface area contributed by atoms with Crippen LogP contribution in [0.15, 0.2) is 46.8 Å². The molecule has 0 aromatic rings. The molecule has 64 heavy (non-hydrogen) atoms. The van der Waals surface area contributed by atoms with Crippen LogP contribution in [0.3, 0.4) is 0 Å². The topological polar surface area (TPSA) is 261 Å². The van der Waals surface area contributed by atoms with Crippen LogP contribution in [0.5, 0.6) is 0 Å². The van der Waals surface area contributed by atoms with E-state index >= 15 is 0 Å². The van der Waals surface area contributed by atoms with Gasteiger partial charge in [0.05, 0.1) is 25.3 Å². The zero-order valence-electron chi connectivity index (χ0n) is 38.8. The van der Waals surface area contributed by atoms with Crippen LogP contribution in [-0.2, 0) is 24.0 Å². The molecule has 0 radical (unpaired) electrons. The lowest BCUT2D eigenvalue weighted by Crippen LogP contribution is -2.58. The Morgan fingerprint density at radius 2 is 1.52 bits per heavy atom. The quantitative estimate of drug-likeness (QED) is 0.0443. The largest absolute Gasteiger partial charge is 0.508 e. The number of amides is 4. The van der Waals surface area contributed by atoms with Crippen molar-refractivity contribution in [1.29, 1.82) is 0 Å². The number of nitrogens with zero attached hydrogens (tertiary/aromatic N) is 2. The van der Waals surface area contributed by atoms with Crippen molar-refractivity contribution >= 4 is 29.6 Å². The Labute approximate surface area is 379 Å². The van der Waals surface area contributed by atoms with Crippen molar-refractivity contribution in [3.05, 3.63) is 46.8 Å². The first-order valence-electron chi connectivity index (χ1n) is 23.5. The van der Waals surface area contributed by atoms with E-state index in [0.29, 0.717) is 23.1 Å². The SMILES string of the molecule is CCCCCCCCCCCCCCCC(O)N(C)[C@H](CO)CC(=O)N[C@H](C)C(O)NCC(=O)N(C)[C@@H]1C(=O)N[C@@H](C)C(=O)N[C@H](C(=O)O)CC2=CC[C@H](O)C(=C2)C2=C(O)C=C[C@H]1C2. The third-order valence-electron chi connectivity index (χ3n) is 12.8. The second-order valence-corrected chi connectivity index (χ2v) is 17.9. The minimum atomic E-state index is -1.42. The lowest BCUT2D eigenvalue weighted by Gasteiger charge is -2.36. The summed E-state index contributed by atoms with van der Waals surface area (Å²) in [6, 6.07) is -5.39. The molecule has 1 heterocycles. The molecule has 10 N–H and O–H groups in total. The van der Waals surface area contributed by atoms with Crippen LogP contribution >= 0.6 is 0 Å². The van der Waals surface area contributed by atoms with Crippen LogP contribution in [-0.4, -0.2) is 146 Å². The molecule has 4 bridgehead atoms. The predicted octanol–water partition coefficient (Wildman–Crippen LogP) is 3.19. The third kappa shape index (κ3) is 17.3. The van der Waals surface area contributed by atoms with E-state index in [1.165, 1.54) is 91.2 Å². The van der Waals surface area contributed by atoms with Crippen LogP contribution in [0.1, 0.15) is 136 Å². The van der Waals surface area contributed by atoms with Gasteiger partial charge in [-0.05, 0) is 63.8 Å². The molecule has 1 aliphatic heterocycles. The molecule has 17 heteroatoms. The van der Waals surface area contributed by atoms with Crippen LogP contribution in [0, 0.1) is 5.92 Å². The number of nitrogens with one attached hydrogen (secondary N) is 4. The number of allylic oxidation sites excluding steroid dienone is 2. The Morgan fingerprint density at radius 3 is 2.11 bits per heavy atom. The van der Waals surface area contributed by atoms with E-state index in [-0.39, 0.29) is 38.0 Å². The van der Waals surface area contributed by atoms with E-state index in [2.05, 4.69) is 28.2 Å². The molecule has 0 aromatic heterocycles. The number of unbranched alkanes of at least 4 members (excludes halogenated alkanes) is 12. The van der Waals surface area contributed by atoms with Crippen molar-refractivity contribution in [2.45, 2.75) is 185 Å². The number of rotatable bonds is 26. The van der Waals surface area contributed by atoms with Gasteiger partial charge in [0.1, 0.15) is 36.3 Å². The van der Waals surface area contributed by atoms with Gasteiger partial charge in [0.15, 0.2) is 0 Å². The molecule has 0 fully saturated rings. The minimum Gasteiger partial charge on any atom is -0.508 e. The van der Waals surface area contributed by atoms with Gasteiger partial charge in [0.25, 0.3) is 0 Å². The molecule has 3 aliphatic rings. The number of aliphatic hydroxyl groups is 5. The Hall–Kier alpha value is -4.13. The number of carbonyl (C=O) groups is 5. The Morgan fingerprint density at radius 1 is 0.906 bits per heavy atom. The number of aliphatic carboxylic acids is 1. The molecule has 362 valence electrons. The summed E-state index contributed by atoms with van der Waals surface area (Å²) in [5, 5.41) is 74.0. The van der Waals surface area contributed by atoms with E-state index in [9.17, 15) is 54.6 Å². The fourth-order valence-electron chi connectivity index (χ4n) is 8.52. The minimum absolute atomic E-state index is 0.0107. The van der Waals surface area contributed by atoms with E-state index in [0.717, 1.165) is 24.2 Å². The summed E-state index contributed by atoms with van der Waals surface area (Å²) in [7, 11) is 3.03. The highest BCUT2D eigenvalue weighted by atomic mass is 16.4. The van der Waals surface area contributed by atoms with E-state index < -0.39 is 90.8 Å². The molecule has 2 aliphatic carbocycles. The predicted molar refractivity (Wildman–Crippen MR) is 243 cm³/mol. The standard InChI is InChI=1S/C47H78N6O11/c1-6-7-8-9-10-11-12-13-14-15-16-17-18-19-41(58)52(4)34(29-54)27-40(57)49-30(2)44(60)48-28-42(59)53(5)43-33-21-23-39(56)36(26-33)35-24-32(20-22-38(35)55)25-37(47(63)64)51-45(61)31(3)50-46(43)62/h20-21,23-24,30-31,33-34,37-38,41,43-44,48,54-56,58,60H,6-19,22,25-29H2,1-5H3,(H,49,57)(H,50,62)(H,51,61)(H,63,64)/t30-,31+,33+,34+,37+,38+,41?,43+,44?/m1/s1. The van der Waals surface area contributed by atoms with Crippen molar-refractivity contribution in [3.63, 3.8) is 0 Å². The lowest BCUT2D eigenvalue weighted by atomic mass is 9.79. The summed E-state index contributed by atoms with van der Waals surface area (Å²) in [4.78, 5) is 68.6. The summed E-state index contributed by atoms with van der Waals surface area (Å²) in [6.07, 6.45) is 19.1. The Bertz CT molecular complexity index is 1670. The monoisotopic (exact) mass is 903 g/mol. The number of fused-ring (bicyclic) bond motifs is 4. The molecule has 0 saturated heterocycles. The molecule has 3 rings (SSSR count). The van der Waals surface area contributed by atoms with Gasteiger partial charge in [-0.1, -0.05) is 102 Å². The van der Waals surface area contributed by atoms with Gasteiger partial charge < -0.3 is 51.5 Å². The summed E-state index contributed by atoms with van der Waals surface area (Å²) in [6.45, 7) is 4.29. The highest BCUT2D eigenvalue weighted by molar-refractivity contribution is 5.94. The zero-order valence-corrected chi connectivity index (χ0v) is 38.8. The number of likely N-dealkylation sites (N-methyl/N-ethyl adjacent to an activating group) is 2. The maximum absolute atomic E-state index is 13.9. The molecule has 0 spiro atoms. The van der Waals surface area contributed by atoms with Crippen molar-refractivity contribution in [3.8, 4) is 0 Å². The summed E-state index contributed by atoms with van der Waals surface area (Å²) in [5.74, 6) is -4.84. The van der Waals surface area contributed by atoms with Crippen molar-refractivity contribution < 1.29 is 54.6 Å². The maximum atomic E-state index is 13.9. The highest BCUT2D eigenvalue weighted by Gasteiger charge is 2.39. The fourth-order valence-corrected chi connectivity index (χ4v) is 8.52. The number of carboxylic acid groups (broad SMARTS) is 1. The van der Waals surface area contributed by atoms with Crippen LogP contribution < -0.4 is 21.3 Å². The Kier molecular flexibility index (Phi) is 23.7. The normalized spacial score (nSPS) is 23.5. The first kappa shape index (κ1) is 54.2. The van der Waals surface area contributed by atoms with Crippen molar-refractivity contribution in [2.24, 2.45) is 5.92 Å². The number of hydrogen-bond donors (Lipinski definition) is 10. The molecule has 0 saturated carbocycles. The van der Waals surface area contributed by atoms with Crippen molar-refractivity contribution in [2.75, 3.05) is 27.2 Å². The zero-order chi connectivity index (χ0) is 47.3. The molecule has 17 nitrogen and oxygen atoms in total. The van der Waals surface area contributed by atoms with Gasteiger partial charge in [0.2, 0.25) is 23.6 Å². The van der Waals surface area contributed by atoms with Gasteiger partial charge in [0, 0.05) is 37.4 Å². The van der Waals surface area contributed by atoms with Gasteiger partial charge >= 0.3 is 5.97 Å². The van der Waals surface area contributed by atoms with Gasteiger partial charge in [-0.2, -0.15) is 0 Å². The van der Waals surface area contributed by atoms with Crippen LogP contribution in [0.4, 0.5) is 0 Å². The molecular formula is C47H78N6O11. The molecule has 4 amide bonds. The second kappa shape index (κ2) is 28.0. The smallest absolute Gasteiger partial charge is 0.326 e. The molecular weight excluding hydrogens is 825 g/mol. The molecule has 0 aromatic carbocycles. The number of carboxylic acids is 1. The lowest BCUT2D eigenvalue weighted by molar-refractivity contribution is -0.143. The number of carbonyl (C=O) groups excluding carboxylic acids is 4. The molecule has 9 atom stereocenters. The van der Waals surface area contributed by atoms with Gasteiger partial charge in [-0.25, -0.2) is 4.79 Å². The molecule has 2 unspecified atom stereocenters. The first-order chi connectivity index (χ1) is 30.5. The summed E-state index contributed by atoms with van der Waals surface area (Å²) >= 11 is 0. The fraction of sp³-hybridized carbons (Fsp3) is 0.723. The van der Waals surface area contributed by atoms with Crippen LogP contribution in [0.2, 0.25) is 0 Å². The van der Waals surface area contributed by atoms with E-state index in [1.807, 2.05) is 0 Å². The average molecular weight is 903 g/mol. The van der Waals surface area contributed by atoms with Gasteiger partial charge in [-0.3, -0.25) is 29.4 Å².